The van der Waals surface area contributed by atoms with Gasteiger partial charge < -0.3 is 5.32 Å². The van der Waals surface area contributed by atoms with Crippen LogP contribution in [0.3, 0.4) is 0 Å². The molecule has 3 heteroatoms. The number of nitrogens with one attached hydrogen (secondary N) is 1. The first-order chi connectivity index (χ1) is 8.06. The summed E-state index contributed by atoms with van der Waals surface area (Å²) in [5.41, 5.74) is 0. The van der Waals surface area contributed by atoms with E-state index in [1.165, 1.54) is 25.7 Å². The third kappa shape index (κ3) is 4.03. The maximum Gasteiger partial charge on any atom is 0.237 e. The van der Waals surface area contributed by atoms with Crippen LogP contribution in [-0.4, -0.2) is 12.5 Å². The summed E-state index contributed by atoms with van der Waals surface area (Å²) in [4.78, 5) is 11.8. The Morgan fingerprint density at radius 1 is 1.41 bits per heavy atom. The summed E-state index contributed by atoms with van der Waals surface area (Å²) in [6, 6.07) is 2.09. The summed E-state index contributed by atoms with van der Waals surface area (Å²) in [5.74, 6) is 0.779. The highest BCUT2D eigenvalue weighted by molar-refractivity contribution is 5.81. The van der Waals surface area contributed by atoms with E-state index in [1.807, 2.05) is 13.8 Å². The van der Waals surface area contributed by atoms with Crippen molar-refractivity contribution >= 4 is 5.91 Å². The highest BCUT2D eigenvalue weighted by Gasteiger charge is 2.25. The highest BCUT2D eigenvalue weighted by Crippen LogP contribution is 2.28. The van der Waals surface area contributed by atoms with Gasteiger partial charge in [-0.15, -0.1) is 0 Å². The zero-order chi connectivity index (χ0) is 12.8. The van der Waals surface area contributed by atoms with Gasteiger partial charge in [0.2, 0.25) is 5.91 Å². The molecule has 0 spiro atoms. The Kier molecular flexibility index (Phi) is 5.47. The Bertz CT molecular complexity index is 293. The first-order valence-electron chi connectivity index (χ1n) is 6.73. The van der Waals surface area contributed by atoms with E-state index in [-0.39, 0.29) is 11.8 Å². The predicted molar refractivity (Wildman–Crippen MR) is 68.1 cm³/mol. The van der Waals surface area contributed by atoms with Crippen molar-refractivity contribution in [2.45, 2.75) is 46.5 Å². The molecule has 1 aliphatic carbocycles. The fraction of sp³-hybridized carbons (Fsp3) is 0.857. The molecule has 1 rings (SSSR count). The molecule has 1 fully saturated rings. The lowest BCUT2D eigenvalue weighted by Gasteiger charge is -2.29. The minimum absolute atomic E-state index is 0.0868. The number of amides is 1. The number of nitrogens with zero attached hydrogens (tertiary/aromatic N) is 1. The first-order valence-corrected chi connectivity index (χ1v) is 6.73. The van der Waals surface area contributed by atoms with Crippen molar-refractivity contribution in [1.29, 1.82) is 5.26 Å². The van der Waals surface area contributed by atoms with E-state index in [4.69, 9.17) is 5.26 Å². The van der Waals surface area contributed by atoms with Gasteiger partial charge in [-0.25, -0.2) is 0 Å². The Hall–Kier alpha value is -1.04. The average molecular weight is 236 g/mol. The molecule has 1 N–H and O–H groups in total. The van der Waals surface area contributed by atoms with Crippen molar-refractivity contribution in [3.05, 3.63) is 0 Å². The van der Waals surface area contributed by atoms with Crippen molar-refractivity contribution < 1.29 is 4.79 Å². The van der Waals surface area contributed by atoms with Gasteiger partial charge in [0.25, 0.3) is 0 Å². The van der Waals surface area contributed by atoms with Crippen molar-refractivity contribution in [3.8, 4) is 6.07 Å². The minimum Gasteiger partial charge on any atom is -0.355 e. The molecule has 3 nitrogen and oxygen atoms in total. The lowest BCUT2D eigenvalue weighted by Crippen LogP contribution is -2.38. The molecule has 0 radical (unpaired) electrons. The van der Waals surface area contributed by atoms with Crippen LogP contribution in [0.4, 0.5) is 0 Å². The van der Waals surface area contributed by atoms with E-state index >= 15 is 0 Å². The molecular weight excluding hydrogens is 212 g/mol. The third-order valence-corrected chi connectivity index (χ3v) is 3.92. The summed E-state index contributed by atoms with van der Waals surface area (Å²) in [5, 5.41) is 11.9. The second kappa shape index (κ2) is 6.64. The van der Waals surface area contributed by atoms with Gasteiger partial charge in [-0.1, -0.05) is 40.0 Å². The molecule has 3 unspecified atom stereocenters. The molecule has 17 heavy (non-hydrogen) atoms. The summed E-state index contributed by atoms with van der Waals surface area (Å²) in [6.45, 7) is 6.83. The second-order valence-electron chi connectivity index (χ2n) is 5.62. The molecule has 0 aromatic carbocycles. The Balaban J connectivity index is 2.39. The topological polar surface area (TPSA) is 52.9 Å². The van der Waals surface area contributed by atoms with Crippen LogP contribution in [0.5, 0.6) is 0 Å². The molecule has 3 atom stereocenters. The van der Waals surface area contributed by atoms with Gasteiger partial charge in [-0.05, 0) is 24.2 Å². The van der Waals surface area contributed by atoms with Crippen molar-refractivity contribution in [1.82, 2.24) is 5.32 Å². The van der Waals surface area contributed by atoms with Crippen LogP contribution in [0.2, 0.25) is 0 Å². The van der Waals surface area contributed by atoms with Crippen LogP contribution in [0.15, 0.2) is 0 Å². The van der Waals surface area contributed by atoms with Gasteiger partial charge in [-0.3, -0.25) is 4.79 Å². The predicted octanol–water partition coefficient (Wildman–Crippen LogP) is 2.72. The molecule has 0 aromatic heterocycles. The summed E-state index contributed by atoms with van der Waals surface area (Å²) < 4.78 is 0. The molecule has 1 saturated carbocycles. The van der Waals surface area contributed by atoms with Crippen LogP contribution in [0.25, 0.3) is 0 Å². The summed E-state index contributed by atoms with van der Waals surface area (Å²) >= 11 is 0. The lowest BCUT2D eigenvalue weighted by atomic mass is 9.80. The van der Waals surface area contributed by atoms with Crippen molar-refractivity contribution in [2.24, 2.45) is 23.7 Å². The molecular formula is C14H24N2O. The standard InChI is InChI=1S/C14H24N2O/c1-10(2)13(8-15)14(17)16-9-12-7-5-4-6-11(12)3/h10-13H,4-7,9H2,1-3H3,(H,16,17). The van der Waals surface area contributed by atoms with Gasteiger partial charge in [0.15, 0.2) is 0 Å². The normalized spacial score (nSPS) is 26.3. The van der Waals surface area contributed by atoms with Crippen LogP contribution in [0.1, 0.15) is 46.5 Å². The van der Waals surface area contributed by atoms with Crippen LogP contribution < -0.4 is 5.32 Å². The van der Waals surface area contributed by atoms with Crippen molar-refractivity contribution in [2.75, 3.05) is 6.54 Å². The van der Waals surface area contributed by atoms with Crippen LogP contribution in [0, 0.1) is 35.0 Å². The third-order valence-electron chi connectivity index (χ3n) is 3.92. The number of carbonyl (C=O) groups excluding carboxylic acids is 1. The van der Waals surface area contributed by atoms with Gasteiger partial charge in [0.1, 0.15) is 5.92 Å². The fourth-order valence-corrected chi connectivity index (χ4v) is 2.55. The Morgan fingerprint density at radius 3 is 2.59 bits per heavy atom. The van der Waals surface area contributed by atoms with Crippen molar-refractivity contribution in [3.63, 3.8) is 0 Å². The monoisotopic (exact) mass is 236 g/mol. The first kappa shape index (κ1) is 14.0. The molecule has 1 amide bonds. The zero-order valence-electron chi connectivity index (χ0n) is 11.2. The molecule has 0 saturated heterocycles. The average Bonchev–Trinajstić information content (AvgIpc) is 2.28. The number of rotatable bonds is 4. The van der Waals surface area contributed by atoms with E-state index in [9.17, 15) is 4.79 Å². The minimum atomic E-state index is -0.506. The Morgan fingerprint density at radius 2 is 2.06 bits per heavy atom. The number of hydrogen-bond acceptors (Lipinski definition) is 2. The van der Waals surface area contributed by atoms with E-state index in [0.29, 0.717) is 11.8 Å². The van der Waals surface area contributed by atoms with E-state index in [0.717, 1.165) is 6.54 Å². The maximum absolute atomic E-state index is 11.8. The van der Waals surface area contributed by atoms with Gasteiger partial charge in [0, 0.05) is 6.54 Å². The van der Waals surface area contributed by atoms with E-state index in [1.54, 1.807) is 0 Å². The fourth-order valence-electron chi connectivity index (χ4n) is 2.55. The molecule has 0 aliphatic heterocycles. The van der Waals surface area contributed by atoms with Crippen LogP contribution in [-0.2, 0) is 4.79 Å². The largest absolute Gasteiger partial charge is 0.355 e. The summed E-state index contributed by atoms with van der Waals surface area (Å²) in [7, 11) is 0. The molecule has 96 valence electrons. The van der Waals surface area contributed by atoms with E-state index < -0.39 is 5.92 Å². The van der Waals surface area contributed by atoms with E-state index in [2.05, 4.69) is 18.3 Å². The highest BCUT2D eigenvalue weighted by atomic mass is 16.1. The molecule has 0 heterocycles. The summed E-state index contributed by atoms with van der Waals surface area (Å²) in [6.07, 6.45) is 5.07. The van der Waals surface area contributed by atoms with Crippen LogP contribution >= 0.6 is 0 Å². The van der Waals surface area contributed by atoms with Gasteiger partial charge >= 0.3 is 0 Å². The maximum atomic E-state index is 11.8. The number of hydrogen-bond donors (Lipinski definition) is 1. The SMILES string of the molecule is CC(C)C(C#N)C(=O)NCC1CCCCC1C. The zero-order valence-corrected chi connectivity index (χ0v) is 11.2. The Labute approximate surface area is 105 Å². The molecule has 0 bridgehead atoms. The quantitative estimate of drug-likeness (QED) is 0.816. The number of carbonyl (C=O) groups is 1. The lowest BCUT2D eigenvalue weighted by molar-refractivity contribution is -0.124. The molecule has 0 aromatic rings. The van der Waals surface area contributed by atoms with Gasteiger partial charge in [0.05, 0.1) is 6.07 Å². The smallest absolute Gasteiger partial charge is 0.237 e. The van der Waals surface area contributed by atoms with Gasteiger partial charge in [-0.2, -0.15) is 5.26 Å². The number of nitriles is 1. The molecule has 1 aliphatic rings. The second-order valence-corrected chi connectivity index (χ2v) is 5.62.